The van der Waals surface area contributed by atoms with Crippen molar-refractivity contribution >= 4 is 34.1 Å². The summed E-state index contributed by atoms with van der Waals surface area (Å²) in [4.78, 5) is 33.5. The van der Waals surface area contributed by atoms with Crippen molar-refractivity contribution in [2.75, 3.05) is 44.0 Å². The Morgan fingerprint density at radius 3 is 2.23 bits per heavy atom. The quantitative estimate of drug-likeness (QED) is 0.127. The predicted octanol–water partition coefficient (Wildman–Crippen LogP) is 6.50. The molecule has 11 heteroatoms. The van der Waals surface area contributed by atoms with E-state index >= 15 is 4.39 Å². The van der Waals surface area contributed by atoms with Crippen LogP contribution in [0.15, 0.2) is 66.9 Å². The van der Waals surface area contributed by atoms with Gasteiger partial charge < -0.3 is 29.7 Å². The molecule has 1 saturated carbocycles. The van der Waals surface area contributed by atoms with E-state index in [-0.39, 0.29) is 11.4 Å². The van der Waals surface area contributed by atoms with Crippen LogP contribution in [0.4, 0.5) is 20.2 Å². The Hall–Kier alpha value is -5.21. The minimum Gasteiger partial charge on any atom is -0.493 e. The van der Waals surface area contributed by atoms with Crippen molar-refractivity contribution < 1.29 is 32.6 Å². The summed E-state index contributed by atoms with van der Waals surface area (Å²) in [5.74, 6) is 0.0699. The summed E-state index contributed by atoms with van der Waals surface area (Å²) in [6, 6.07) is 14.2. The zero-order valence-corrected chi connectivity index (χ0v) is 26.6. The highest BCUT2D eigenvalue weighted by atomic mass is 19.1. The number of ether oxygens (including phenoxy) is 3. The summed E-state index contributed by atoms with van der Waals surface area (Å²) in [5.41, 5.74) is -0.600. The maximum Gasteiger partial charge on any atom is 0.241 e. The Morgan fingerprint density at radius 2 is 1.62 bits per heavy atom. The smallest absolute Gasteiger partial charge is 0.241 e. The highest BCUT2D eigenvalue weighted by molar-refractivity contribution is 6.18. The maximum atomic E-state index is 15.4. The molecule has 0 radical (unpaired) electrons. The summed E-state index contributed by atoms with van der Waals surface area (Å²) < 4.78 is 46.2. The number of anilines is 2. The van der Waals surface area contributed by atoms with Crippen LogP contribution < -0.4 is 24.8 Å². The van der Waals surface area contributed by atoms with E-state index in [1.165, 1.54) is 43.5 Å². The second-order valence-electron chi connectivity index (χ2n) is 11.2. The van der Waals surface area contributed by atoms with Crippen molar-refractivity contribution in [1.82, 2.24) is 9.88 Å². The number of nitrogens with zero attached hydrogens (tertiary/aromatic N) is 2. The Kier molecular flexibility index (Phi) is 9.92. The van der Waals surface area contributed by atoms with E-state index < -0.39 is 40.7 Å². The molecule has 2 unspecified atom stereocenters. The summed E-state index contributed by atoms with van der Waals surface area (Å²) in [5, 5.41) is 5.86. The van der Waals surface area contributed by atoms with E-state index in [9.17, 15) is 14.0 Å². The number of pyridine rings is 1. The second kappa shape index (κ2) is 14.1. The molecule has 244 valence electrons. The number of halogens is 2. The molecule has 47 heavy (non-hydrogen) atoms. The number of benzene rings is 3. The molecule has 1 fully saturated rings. The van der Waals surface area contributed by atoms with Crippen LogP contribution in [0.25, 0.3) is 10.9 Å². The van der Waals surface area contributed by atoms with Crippen molar-refractivity contribution in [2.45, 2.75) is 20.8 Å². The molecule has 1 heterocycles. The molecule has 2 amide bonds. The fourth-order valence-electron chi connectivity index (χ4n) is 5.73. The molecule has 1 aliphatic carbocycles. The number of carbonyl (C=O) groups excluding carboxylic acids is 2. The number of methoxy groups -OCH3 is 1. The molecular weight excluding hydrogens is 606 g/mol. The summed E-state index contributed by atoms with van der Waals surface area (Å²) in [6.45, 7) is 8.95. The van der Waals surface area contributed by atoms with Gasteiger partial charge in [0.2, 0.25) is 11.8 Å². The average Bonchev–Trinajstić information content (AvgIpc) is 3.69. The number of hydrogen-bond donors (Lipinski definition) is 2. The van der Waals surface area contributed by atoms with Crippen molar-refractivity contribution in [2.24, 2.45) is 17.3 Å². The van der Waals surface area contributed by atoms with E-state index in [4.69, 9.17) is 20.6 Å². The first kappa shape index (κ1) is 33.2. The Balaban J connectivity index is 1.32. The molecule has 0 saturated heterocycles. The van der Waals surface area contributed by atoms with E-state index in [0.717, 1.165) is 25.7 Å². The van der Waals surface area contributed by atoms with Gasteiger partial charge in [-0.25, -0.2) is 8.78 Å². The van der Waals surface area contributed by atoms with E-state index in [1.54, 1.807) is 31.3 Å². The predicted molar refractivity (Wildman–Crippen MR) is 176 cm³/mol. The van der Waals surface area contributed by atoms with E-state index in [0.29, 0.717) is 40.4 Å². The van der Waals surface area contributed by atoms with Crippen molar-refractivity contribution in [3.05, 3.63) is 78.5 Å². The van der Waals surface area contributed by atoms with Gasteiger partial charge in [-0.1, -0.05) is 20.8 Å². The van der Waals surface area contributed by atoms with Gasteiger partial charge in [-0.15, -0.1) is 12.3 Å². The van der Waals surface area contributed by atoms with Crippen LogP contribution in [-0.2, 0) is 9.59 Å². The lowest BCUT2D eigenvalue weighted by atomic mass is 9.99. The van der Waals surface area contributed by atoms with Gasteiger partial charge in [-0.2, -0.15) is 0 Å². The first-order chi connectivity index (χ1) is 22.7. The first-order valence-electron chi connectivity index (χ1n) is 15.3. The number of hydrogen-bond acceptors (Lipinski definition) is 7. The number of carbonyl (C=O) groups is 2. The van der Waals surface area contributed by atoms with Crippen molar-refractivity contribution in [1.29, 1.82) is 0 Å². The van der Waals surface area contributed by atoms with Crippen molar-refractivity contribution in [3.63, 3.8) is 0 Å². The summed E-state index contributed by atoms with van der Waals surface area (Å²) in [7, 11) is 1.53. The fraction of sp³-hybridized carbons (Fsp3) is 0.306. The Labute approximate surface area is 272 Å². The van der Waals surface area contributed by atoms with Crippen LogP contribution in [0, 0.1) is 41.2 Å². The van der Waals surface area contributed by atoms with Gasteiger partial charge in [-0.3, -0.25) is 14.6 Å². The molecule has 0 aliphatic heterocycles. The van der Waals surface area contributed by atoms with Crippen LogP contribution in [0.3, 0.4) is 0 Å². The van der Waals surface area contributed by atoms with Crippen LogP contribution in [0.2, 0.25) is 0 Å². The molecule has 0 bridgehead atoms. The van der Waals surface area contributed by atoms with Gasteiger partial charge in [0.15, 0.2) is 23.1 Å². The van der Waals surface area contributed by atoms with Crippen LogP contribution >= 0.6 is 0 Å². The number of terminal acetylenes is 1. The van der Waals surface area contributed by atoms with Gasteiger partial charge in [0.25, 0.3) is 0 Å². The molecule has 9 nitrogen and oxygen atoms in total. The summed E-state index contributed by atoms with van der Waals surface area (Å²) >= 11 is 0. The molecule has 2 N–H and O–H groups in total. The third kappa shape index (κ3) is 6.69. The third-order valence-corrected chi connectivity index (χ3v) is 8.59. The zero-order chi connectivity index (χ0) is 33.7. The highest BCUT2D eigenvalue weighted by Gasteiger charge is 2.71. The van der Waals surface area contributed by atoms with Gasteiger partial charge in [0.05, 0.1) is 12.6 Å². The minimum atomic E-state index is -1.59. The minimum absolute atomic E-state index is 0.0981. The van der Waals surface area contributed by atoms with Crippen LogP contribution in [0.5, 0.6) is 23.0 Å². The van der Waals surface area contributed by atoms with E-state index in [2.05, 4.69) is 40.3 Å². The van der Waals surface area contributed by atoms with Gasteiger partial charge in [0, 0.05) is 47.6 Å². The third-order valence-electron chi connectivity index (χ3n) is 8.59. The lowest BCUT2D eigenvalue weighted by molar-refractivity contribution is -0.132. The molecule has 1 aromatic heterocycles. The lowest BCUT2D eigenvalue weighted by Crippen LogP contribution is -2.38. The van der Waals surface area contributed by atoms with Gasteiger partial charge in [0.1, 0.15) is 23.6 Å². The highest BCUT2D eigenvalue weighted by Crippen LogP contribution is 2.59. The van der Waals surface area contributed by atoms with Crippen LogP contribution in [-0.4, -0.2) is 55.0 Å². The molecule has 1 aliphatic rings. The number of fused-ring (bicyclic) bond motifs is 1. The SMILES string of the molecule is C#C[C@@H]1C(C)C1(C(=O)Nc1ccc(F)cc1)C(=O)Nc1ccc(Oc2ccnc3cc(OCCN(CC)CC)c(OC)cc23)c(F)c1. The standard InChI is InChI=1S/C36H36F2N4O5/c1-6-27-22(4)36(27,34(43)40-24-11-9-23(37)10-12-24)35(44)41-25-13-14-31(28(38)19-25)47-30-15-16-39-29-21-33(32(45-5)20-26(29)30)46-18-17-42(7-2)8-3/h1,9-16,19-22,27H,7-8,17-18H2,2-5H3,(H,40,43)(H,41,44)/t22?,27-,36?/m1/s1. The number of nitrogens with one attached hydrogen (secondary N) is 2. The van der Waals surface area contributed by atoms with Crippen LogP contribution in [0.1, 0.15) is 20.8 Å². The first-order valence-corrected chi connectivity index (χ1v) is 15.3. The monoisotopic (exact) mass is 642 g/mol. The van der Waals surface area contributed by atoms with Gasteiger partial charge >= 0.3 is 0 Å². The maximum absolute atomic E-state index is 15.4. The fourth-order valence-corrected chi connectivity index (χ4v) is 5.73. The molecular formula is C36H36F2N4O5. The summed E-state index contributed by atoms with van der Waals surface area (Å²) in [6.07, 6.45) is 7.20. The molecule has 3 aromatic carbocycles. The van der Waals surface area contributed by atoms with Gasteiger partial charge in [-0.05, 0) is 67.5 Å². The molecule has 3 atom stereocenters. The normalized spacial score (nSPS) is 18.3. The number of likely N-dealkylation sites (N-methyl/N-ethyl adjacent to an activating group) is 1. The Bertz CT molecular complexity index is 1820. The topological polar surface area (TPSA) is 102 Å². The number of aromatic nitrogens is 1. The average molecular weight is 643 g/mol. The molecule has 0 spiro atoms. The van der Waals surface area contributed by atoms with E-state index in [1.807, 2.05) is 0 Å². The molecule has 4 aromatic rings. The number of amides is 2. The largest absolute Gasteiger partial charge is 0.493 e. The molecule has 5 rings (SSSR count). The van der Waals surface area contributed by atoms with Crippen molar-refractivity contribution in [3.8, 4) is 35.3 Å². The second-order valence-corrected chi connectivity index (χ2v) is 11.2. The number of rotatable bonds is 13. The zero-order valence-electron chi connectivity index (χ0n) is 26.6. The lowest BCUT2D eigenvalue weighted by Gasteiger charge is -2.19. The Morgan fingerprint density at radius 1 is 0.936 bits per heavy atom.